The summed E-state index contributed by atoms with van der Waals surface area (Å²) in [6, 6.07) is 4.53. The lowest BCUT2D eigenvalue weighted by molar-refractivity contribution is -0.386. The summed E-state index contributed by atoms with van der Waals surface area (Å²) in [5.41, 5.74) is 5.57. The van der Waals surface area contributed by atoms with E-state index in [4.69, 9.17) is 22.1 Å². The monoisotopic (exact) mass is 270 g/mol. The molecular weight excluding hydrogens is 256 g/mol. The second-order valence-corrected chi connectivity index (χ2v) is 4.84. The standard InChI is InChI=1S/C12H15ClN2O3/c13-9-4-2-5-10(15(16)17)12(9)18-11-6-1-3-8(11)7-14/h2,4-5,8,11H,1,3,6-7,14H2. The van der Waals surface area contributed by atoms with Gasteiger partial charge < -0.3 is 10.5 Å². The van der Waals surface area contributed by atoms with Crippen molar-refractivity contribution in [3.63, 3.8) is 0 Å². The number of nitrogens with zero attached hydrogens (tertiary/aromatic N) is 1. The third-order valence-electron chi connectivity index (χ3n) is 3.30. The summed E-state index contributed by atoms with van der Waals surface area (Å²) in [5, 5.41) is 11.2. The lowest BCUT2D eigenvalue weighted by Gasteiger charge is -2.20. The highest BCUT2D eigenvalue weighted by Crippen LogP contribution is 2.38. The van der Waals surface area contributed by atoms with Gasteiger partial charge >= 0.3 is 5.69 Å². The van der Waals surface area contributed by atoms with Crippen LogP contribution in [0.5, 0.6) is 5.75 Å². The quantitative estimate of drug-likeness (QED) is 0.674. The summed E-state index contributed by atoms with van der Waals surface area (Å²) in [5.74, 6) is 0.412. The zero-order chi connectivity index (χ0) is 13.1. The van der Waals surface area contributed by atoms with Crippen molar-refractivity contribution < 1.29 is 9.66 Å². The van der Waals surface area contributed by atoms with Crippen molar-refractivity contribution in [1.29, 1.82) is 0 Å². The van der Waals surface area contributed by atoms with Crippen molar-refractivity contribution in [3.8, 4) is 5.75 Å². The minimum Gasteiger partial charge on any atom is -0.482 e. The summed E-state index contributed by atoms with van der Waals surface area (Å²) in [6.45, 7) is 0.531. The highest BCUT2D eigenvalue weighted by Gasteiger charge is 2.30. The van der Waals surface area contributed by atoms with Gasteiger partial charge in [0, 0.05) is 12.0 Å². The van der Waals surface area contributed by atoms with Gasteiger partial charge in [0.2, 0.25) is 5.75 Å². The van der Waals surface area contributed by atoms with Gasteiger partial charge in [-0.3, -0.25) is 10.1 Å². The van der Waals surface area contributed by atoms with Crippen LogP contribution in [-0.2, 0) is 0 Å². The van der Waals surface area contributed by atoms with Gasteiger partial charge in [-0.05, 0) is 31.9 Å². The van der Waals surface area contributed by atoms with Crippen LogP contribution >= 0.6 is 11.6 Å². The molecule has 0 aromatic heterocycles. The van der Waals surface area contributed by atoms with Crippen molar-refractivity contribution in [2.75, 3.05) is 6.54 Å². The first kappa shape index (κ1) is 13.1. The largest absolute Gasteiger partial charge is 0.482 e. The predicted octanol–water partition coefficient (Wildman–Crippen LogP) is 2.75. The predicted molar refractivity (Wildman–Crippen MR) is 68.9 cm³/mol. The summed E-state index contributed by atoms with van der Waals surface area (Å²) in [7, 11) is 0. The van der Waals surface area contributed by atoms with Crippen LogP contribution in [0.4, 0.5) is 5.69 Å². The molecule has 1 aliphatic rings. The van der Waals surface area contributed by atoms with E-state index in [1.807, 2.05) is 0 Å². The fraction of sp³-hybridized carbons (Fsp3) is 0.500. The van der Waals surface area contributed by atoms with E-state index in [-0.39, 0.29) is 28.5 Å². The molecule has 0 saturated heterocycles. The average Bonchev–Trinajstić information content (AvgIpc) is 2.78. The average molecular weight is 271 g/mol. The number of hydrogen-bond acceptors (Lipinski definition) is 4. The summed E-state index contributed by atoms with van der Waals surface area (Å²) >= 11 is 5.98. The first-order valence-corrected chi connectivity index (χ1v) is 6.31. The maximum Gasteiger partial charge on any atom is 0.312 e. The normalized spacial score (nSPS) is 23.0. The Labute approximate surface area is 110 Å². The van der Waals surface area contributed by atoms with Gasteiger partial charge in [0.25, 0.3) is 0 Å². The number of nitrogens with two attached hydrogens (primary N) is 1. The van der Waals surface area contributed by atoms with Crippen molar-refractivity contribution in [2.45, 2.75) is 25.4 Å². The highest BCUT2D eigenvalue weighted by molar-refractivity contribution is 6.32. The number of hydrogen-bond donors (Lipinski definition) is 1. The molecule has 2 unspecified atom stereocenters. The molecule has 0 radical (unpaired) electrons. The summed E-state index contributed by atoms with van der Waals surface area (Å²) in [6.07, 6.45) is 2.82. The molecule has 0 aliphatic heterocycles. The van der Waals surface area contributed by atoms with E-state index in [0.29, 0.717) is 6.54 Å². The van der Waals surface area contributed by atoms with Crippen molar-refractivity contribution in [3.05, 3.63) is 33.3 Å². The minimum absolute atomic E-state index is 0.0754. The molecule has 2 atom stereocenters. The lowest BCUT2D eigenvalue weighted by Crippen LogP contribution is -2.28. The molecule has 0 spiro atoms. The molecule has 1 aromatic rings. The Bertz CT molecular complexity index is 453. The molecule has 1 saturated carbocycles. The third-order valence-corrected chi connectivity index (χ3v) is 3.60. The molecule has 0 bridgehead atoms. The van der Waals surface area contributed by atoms with Crippen LogP contribution in [0.2, 0.25) is 5.02 Å². The molecule has 1 aliphatic carbocycles. The van der Waals surface area contributed by atoms with Crippen molar-refractivity contribution in [2.24, 2.45) is 11.7 Å². The lowest BCUT2D eigenvalue weighted by atomic mass is 10.1. The molecular formula is C12H15ClN2O3. The van der Waals surface area contributed by atoms with Crippen molar-refractivity contribution in [1.82, 2.24) is 0 Å². The van der Waals surface area contributed by atoms with Gasteiger partial charge in [0.15, 0.2) is 0 Å². The molecule has 98 valence electrons. The Morgan fingerprint density at radius 3 is 2.94 bits per heavy atom. The van der Waals surface area contributed by atoms with Crippen LogP contribution in [0.3, 0.4) is 0 Å². The zero-order valence-electron chi connectivity index (χ0n) is 9.84. The fourth-order valence-electron chi connectivity index (χ4n) is 2.34. The maximum atomic E-state index is 10.9. The number of halogens is 1. The summed E-state index contributed by atoms with van der Waals surface area (Å²) < 4.78 is 5.75. The van der Waals surface area contributed by atoms with Crippen LogP contribution in [0, 0.1) is 16.0 Å². The number of benzene rings is 1. The van der Waals surface area contributed by atoms with E-state index < -0.39 is 4.92 Å². The third kappa shape index (κ3) is 2.57. The molecule has 18 heavy (non-hydrogen) atoms. The van der Waals surface area contributed by atoms with E-state index >= 15 is 0 Å². The Morgan fingerprint density at radius 2 is 2.28 bits per heavy atom. The first-order valence-electron chi connectivity index (χ1n) is 5.93. The number of nitro benzene ring substituents is 1. The van der Waals surface area contributed by atoms with Crippen LogP contribution in [0.25, 0.3) is 0 Å². The SMILES string of the molecule is NCC1CCCC1Oc1c(Cl)cccc1[N+](=O)[O-]. The second kappa shape index (κ2) is 5.54. The van der Waals surface area contributed by atoms with Gasteiger partial charge in [0.1, 0.15) is 6.10 Å². The summed E-state index contributed by atoms with van der Waals surface area (Å²) in [4.78, 5) is 10.5. The second-order valence-electron chi connectivity index (χ2n) is 4.43. The molecule has 2 N–H and O–H groups in total. The molecule has 2 rings (SSSR count). The number of para-hydroxylation sites is 1. The van der Waals surface area contributed by atoms with Crippen LogP contribution in [-0.4, -0.2) is 17.6 Å². The molecule has 0 heterocycles. The fourth-order valence-corrected chi connectivity index (χ4v) is 2.55. The smallest absolute Gasteiger partial charge is 0.312 e. The van der Waals surface area contributed by atoms with E-state index in [1.165, 1.54) is 6.07 Å². The molecule has 1 aromatic carbocycles. The molecule has 1 fully saturated rings. The van der Waals surface area contributed by atoms with Gasteiger partial charge in [0.05, 0.1) is 9.95 Å². The van der Waals surface area contributed by atoms with Crippen LogP contribution in [0.1, 0.15) is 19.3 Å². The Balaban J connectivity index is 2.25. The Morgan fingerprint density at radius 1 is 1.50 bits per heavy atom. The highest BCUT2D eigenvalue weighted by atomic mass is 35.5. The maximum absolute atomic E-state index is 10.9. The van der Waals surface area contributed by atoms with E-state index in [1.54, 1.807) is 12.1 Å². The van der Waals surface area contributed by atoms with Gasteiger partial charge in [-0.2, -0.15) is 0 Å². The first-order chi connectivity index (χ1) is 8.63. The number of nitro groups is 1. The Hall–Kier alpha value is -1.33. The van der Waals surface area contributed by atoms with Crippen LogP contribution < -0.4 is 10.5 Å². The van der Waals surface area contributed by atoms with Gasteiger partial charge in [-0.15, -0.1) is 0 Å². The Kier molecular flexibility index (Phi) is 4.04. The topological polar surface area (TPSA) is 78.4 Å². The number of ether oxygens (including phenoxy) is 1. The van der Waals surface area contributed by atoms with E-state index in [9.17, 15) is 10.1 Å². The molecule has 0 amide bonds. The van der Waals surface area contributed by atoms with Gasteiger partial charge in [-0.1, -0.05) is 17.7 Å². The van der Waals surface area contributed by atoms with Crippen LogP contribution in [0.15, 0.2) is 18.2 Å². The molecule has 5 nitrogen and oxygen atoms in total. The van der Waals surface area contributed by atoms with E-state index in [0.717, 1.165) is 19.3 Å². The zero-order valence-corrected chi connectivity index (χ0v) is 10.6. The number of rotatable bonds is 4. The minimum atomic E-state index is -0.479. The van der Waals surface area contributed by atoms with Gasteiger partial charge in [-0.25, -0.2) is 0 Å². The van der Waals surface area contributed by atoms with Crippen molar-refractivity contribution >= 4 is 17.3 Å². The molecule has 6 heteroatoms. The van der Waals surface area contributed by atoms with E-state index in [2.05, 4.69) is 0 Å².